The number of hydrogen-bond acceptors (Lipinski definition) is 4. The fourth-order valence-corrected chi connectivity index (χ4v) is 2.82. The summed E-state index contributed by atoms with van der Waals surface area (Å²) in [5, 5.41) is 14.9. The van der Waals surface area contributed by atoms with Crippen LogP contribution in [0.4, 0.5) is 0 Å². The maximum Gasteiger partial charge on any atom is 0.357 e. The Balaban J connectivity index is 2.08. The third-order valence-corrected chi connectivity index (χ3v) is 3.87. The van der Waals surface area contributed by atoms with Crippen LogP contribution in [0.15, 0.2) is 47.3 Å². The Hall–Kier alpha value is -3.48. The second kappa shape index (κ2) is 5.02. The van der Waals surface area contributed by atoms with E-state index in [2.05, 4.69) is 15.1 Å². The first kappa shape index (κ1) is 14.1. The fraction of sp³-hybridized carbons (Fsp3) is 0.0588. The predicted octanol–water partition coefficient (Wildman–Crippen LogP) is 2.27. The molecule has 7 nitrogen and oxygen atoms in total. The van der Waals surface area contributed by atoms with E-state index >= 15 is 0 Å². The zero-order valence-corrected chi connectivity index (χ0v) is 12.6. The topological polar surface area (TPSA) is 101 Å². The number of pyridine rings is 2. The Morgan fingerprint density at radius 3 is 2.79 bits per heavy atom. The van der Waals surface area contributed by atoms with Crippen molar-refractivity contribution in [3.63, 3.8) is 0 Å². The van der Waals surface area contributed by atoms with Crippen LogP contribution in [-0.4, -0.2) is 30.8 Å². The summed E-state index contributed by atoms with van der Waals surface area (Å²) >= 11 is 0. The van der Waals surface area contributed by atoms with Crippen molar-refractivity contribution in [2.45, 2.75) is 6.92 Å². The van der Waals surface area contributed by atoms with Crippen LogP contribution in [0.3, 0.4) is 0 Å². The number of carboxylic acid groups (broad SMARTS) is 1. The molecule has 7 heteroatoms. The molecule has 0 saturated heterocycles. The molecular weight excluding hydrogens is 308 g/mol. The van der Waals surface area contributed by atoms with Crippen LogP contribution < -0.4 is 5.56 Å². The number of para-hydroxylation sites is 1. The molecule has 0 bridgehead atoms. The number of aromatic nitrogens is 4. The minimum atomic E-state index is -1.16. The van der Waals surface area contributed by atoms with Gasteiger partial charge < -0.3 is 10.1 Å². The van der Waals surface area contributed by atoms with Crippen molar-refractivity contribution in [2.75, 3.05) is 0 Å². The number of aromatic carboxylic acids is 1. The summed E-state index contributed by atoms with van der Waals surface area (Å²) in [5.74, 6) is -0.720. The molecule has 0 aliphatic rings. The quantitative estimate of drug-likeness (QED) is 0.590. The van der Waals surface area contributed by atoms with Gasteiger partial charge in [-0.05, 0) is 30.7 Å². The Morgan fingerprint density at radius 1 is 1.21 bits per heavy atom. The molecule has 0 saturated carbocycles. The molecule has 0 unspecified atom stereocenters. The maximum atomic E-state index is 11.8. The molecule has 0 fully saturated rings. The fourth-order valence-electron chi connectivity index (χ4n) is 2.82. The monoisotopic (exact) mass is 320 g/mol. The number of rotatable bonds is 2. The van der Waals surface area contributed by atoms with Gasteiger partial charge in [-0.3, -0.25) is 4.79 Å². The van der Waals surface area contributed by atoms with Crippen molar-refractivity contribution >= 4 is 27.9 Å². The van der Waals surface area contributed by atoms with Crippen molar-refractivity contribution in [3.8, 4) is 5.82 Å². The lowest BCUT2D eigenvalue weighted by Crippen LogP contribution is -2.08. The summed E-state index contributed by atoms with van der Waals surface area (Å²) < 4.78 is 1.36. The van der Waals surface area contributed by atoms with Crippen LogP contribution in [0.2, 0.25) is 0 Å². The summed E-state index contributed by atoms with van der Waals surface area (Å²) in [7, 11) is 0. The molecule has 24 heavy (non-hydrogen) atoms. The number of benzene rings is 1. The summed E-state index contributed by atoms with van der Waals surface area (Å²) in [6.07, 6.45) is 0. The van der Waals surface area contributed by atoms with Gasteiger partial charge in [-0.15, -0.1) is 0 Å². The van der Waals surface area contributed by atoms with Gasteiger partial charge in [0.05, 0.1) is 10.9 Å². The smallest absolute Gasteiger partial charge is 0.357 e. The number of aryl methyl sites for hydroxylation is 1. The molecule has 3 aromatic heterocycles. The highest BCUT2D eigenvalue weighted by Gasteiger charge is 2.20. The summed E-state index contributed by atoms with van der Waals surface area (Å²) in [6, 6.07) is 12.5. The van der Waals surface area contributed by atoms with Crippen molar-refractivity contribution in [2.24, 2.45) is 0 Å². The number of fused-ring (bicyclic) bond motifs is 2. The molecule has 0 aliphatic carbocycles. The van der Waals surface area contributed by atoms with E-state index in [-0.39, 0.29) is 11.3 Å². The Kier molecular flexibility index (Phi) is 2.96. The van der Waals surface area contributed by atoms with Gasteiger partial charge in [0.25, 0.3) is 0 Å². The number of hydrogen-bond donors (Lipinski definition) is 2. The van der Waals surface area contributed by atoms with Crippen LogP contribution in [0, 0.1) is 6.92 Å². The average molecular weight is 320 g/mol. The minimum Gasteiger partial charge on any atom is -0.476 e. The summed E-state index contributed by atoms with van der Waals surface area (Å²) in [5.41, 5.74) is 1.19. The number of H-pyrrole nitrogens is 1. The van der Waals surface area contributed by atoms with Crippen molar-refractivity contribution in [3.05, 3.63) is 64.1 Å². The van der Waals surface area contributed by atoms with E-state index in [0.29, 0.717) is 22.4 Å². The maximum absolute atomic E-state index is 11.8. The second-order valence-corrected chi connectivity index (χ2v) is 5.47. The molecule has 0 spiro atoms. The van der Waals surface area contributed by atoms with Crippen LogP contribution in [0.5, 0.6) is 0 Å². The van der Waals surface area contributed by atoms with E-state index < -0.39 is 5.97 Å². The highest BCUT2D eigenvalue weighted by molar-refractivity contribution is 6.01. The second-order valence-electron chi connectivity index (χ2n) is 5.47. The molecule has 3 heterocycles. The van der Waals surface area contributed by atoms with E-state index in [1.165, 1.54) is 10.7 Å². The molecule has 4 rings (SSSR count). The third kappa shape index (κ3) is 2.06. The highest BCUT2D eigenvalue weighted by Crippen LogP contribution is 2.23. The lowest BCUT2D eigenvalue weighted by atomic mass is 10.1. The zero-order chi connectivity index (χ0) is 16.8. The van der Waals surface area contributed by atoms with Gasteiger partial charge in [-0.2, -0.15) is 9.78 Å². The SMILES string of the molecule is Cc1cc(=O)[nH]c2c1c(C(=O)O)nn2-c1ccc2ccccc2n1. The first-order valence-electron chi connectivity index (χ1n) is 7.27. The third-order valence-electron chi connectivity index (χ3n) is 3.87. The largest absolute Gasteiger partial charge is 0.476 e. The summed E-state index contributed by atoms with van der Waals surface area (Å²) in [4.78, 5) is 30.5. The highest BCUT2D eigenvalue weighted by atomic mass is 16.4. The zero-order valence-electron chi connectivity index (χ0n) is 12.6. The van der Waals surface area contributed by atoms with E-state index in [9.17, 15) is 14.7 Å². The molecule has 0 radical (unpaired) electrons. The van der Waals surface area contributed by atoms with Gasteiger partial charge in [0.2, 0.25) is 5.56 Å². The lowest BCUT2D eigenvalue weighted by molar-refractivity contribution is 0.0692. The molecule has 0 amide bonds. The molecule has 0 aliphatic heterocycles. The normalized spacial score (nSPS) is 11.2. The first-order valence-corrected chi connectivity index (χ1v) is 7.27. The van der Waals surface area contributed by atoms with Gasteiger partial charge in [0.1, 0.15) is 5.65 Å². The Labute approximate surface area is 135 Å². The van der Waals surface area contributed by atoms with E-state index in [0.717, 1.165) is 10.9 Å². The van der Waals surface area contributed by atoms with Crippen LogP contribution >= 0.6 is 0 Å². The number of nitrogens with zero attached hydrogens (tertiary/aromatic N) is 3. The van der Waals surface area contributed by atoms with E-state index in [1.807, 2.05) is 30.3 Å². The molecule has 1 aromatic carbocycles. The van der Waals surface area contributed by atoms with Gasteiger partial charge in [0, 0.05) is 11.5 Å². The average Bonchev–Trinajstić information content (AvgIpc) is 2.94. The predicted molar refractivity (Wildman–Crippen MR) is 88.7 cm³/mol. The molecule has 118 valence electrons. The Bertz CT molecular complexity index is 1170. The number of nitrogens with one attached hydrogen (secondary N) is 1. The lowest BCUT2D eigenvalue weighted by Gasteiger charge is -2.04. The summed E-state index contributed by atoms with van der Waals surface area (Å²) in [6.45, 7) is 1.68. The van der Waals surface area contributed by atoms with Crippen LogP contribution in [-0.2, 0) is 0 Å². The van der Waals surface area contributed by atoms with Gasteiger partial charge >= 0.3 is 5.97 Å². The van der Waals surface area contributed by atoms with Gasteiger partial charge in [-0.25, -0.2) is 9.78 Å². The van der Waals surface area contributed by atoms with Crippen LogP contribution in [0.1, 0.15) is 16.1 Å². The van der Waals surface area contributed by atoms with Crippen molar-refractivity contribution in [1.29, 1.82) is 0 Å². The van der Waals surface area contributed by atoms with Crippen molar-refractivity contribution in [1.82, 2.24) is 19.7 Å². The molecular formula is C17H12N4O3. The van der Waals surface area contributed by atoms with Crippen molar-refractivity contribution < 1.29 is 9.90 Å². The van der Waals surface area contributed by atoms with Gasteiger partial charge in [-0.1, -0.05) is 18.2 Å². The molecule has 4 aromatic rings. The molecule has 2 N–H and O–H groups in total. The Morgan fingerprint density at radius 2 is 2.00 bits per heavy atom. The first-order chi connectivity index (χ1) is 11.5. The number of carbonyl (C=O) groups is 1. The van der Waals surface area contributed by atoms with E-state index in [4.69, 9.17) is 0 Å². The standard InChI is InChI=1S/C17H12N4O3/c1-9-8-13(22)19-16-14(9)15(17(23)24)20-21(16)12-7-6-10-4-2-3-5-11(10)18-12/h2-8H,1H3,(H,19,22)(H,23,24). The minimum absolute atomic E-state index is 0.117. The number of aromatic amines is 1. The van der Waals surface area contributed by atoms with Gasteiger partial charge in [0.15, 0.2) is 11.5 Å². The molecule has 0 atom stereocenters. The van der Waals surface area contributed by atoms with E-state index in [1.54, 1.807) is 13.0 Å². The van der Waals surface area contributed by atoms with Crippen LogP contribution in [0.25, 0.3) is 27.8 Å². The number of carboxylic acids is 1.